The lowest BCUT2D eigenvalue weighted by Crippen LogP contribution is -2.15. The number of nitrogens with one attached hydrogen (secondary N) is 1. The highest BCUT2D eigenvalue weighted by Gasteiger charge is 2.14. The van der Waals surface area contributed by atoms with Crippen molar-refractivity contribution in [2.45, 2.75) is 20.0 Å². The fourth-order valence-corrected chi connectivity index (χ4v) is 1.47. The van der Waals surface area contributed by atoms with Gasteiger partial charge in [-0.15, -0.1) is 0 Å². The molecule has 0 aliphatic rings. The average molecular weight is 248 g/mol. The highest BCUT2D eigenvalue weighted by Crippen LogP contribution is 2.07. The van der Waals surface area contributed by atoms with Gasteiger partial charge in [-0.2, -0.15) is 0 Å². The van der Waals surface area contributed by atoms with E-state index in [1.807, 2.05) is 6.92 Å². The van der Waals surface area contributed by atoms with Crippen LogP contribution >= 0.6 is 0 Å². The van der Waals surface area contributed by atoms with Crippen LogP contribution < -0.4 is 5.32 Å². The van der Waals surface area contributed by atoms with Gasteiger partial charge in [-0.3, -0.25) is 0 Å². The van der Waals surface area contributed by atoms with Gasteiger partial charge in [0.15, 0.2) is 5.76 Å². The molecule has 0 fully saturated rings. The first-order valence-corrected chi connectivity index (χ1v) is 5.33. The monoisotopic (exact) mass is 248 g/mol. The second-order valence-electron chi connectivity index (χ2n) is 3.67. The van der Waals surface area contributed by atoms with Crippen LogP contribution in [-0.2, 0) is 13.1 Å². The lowest BCUT2D eigenvalue weighted by molar-refractivity contribution is 0.0694. The zero-order valence-corrected chi connectivity index (χ0v) is 9.75. The molecule has 0 aromatic carbocycles. The van der Waals surface area contributed by atoms with E-state index in [1.165, 1.54) is 6.20 Å². The van der Waals surface area contributed by atoms with Crippen LogP contribution in [-0.4, -0.2) is 26.2 Å². The molecule has 7 heteroatoms. The van der Waals surface area contributed by atoms with Crippen LogP contribution in [0.2, 0.25) is 0 Å². The number of aromatic nitrogens is 3. The maximum atomic E-state index is 10.8. The molecule has 0 aliphatic carbocycles. The average Bonchev–Trinajstić information content (AvgIpc) is 2.77. The van der Waals surface area contributed by atoms with Gasteiger partial charge < -0.3 is 14.9 Å². The van der Waals surface area contributed by atoms with E-state index in [9.17, 15) is 4.79 Å². The number of hydrogen-bond acceptors (Lipinski definition) is 6. The highest BCUT2D eigenvalue weighted by atomic mass is 16.5. The van der Waals surface area contributed by atoms with Crippen LogP contribution in [0.15, 0.2) is 23.0 Å². The summed E-state index contributed by atoms with van der Waals surface area (Å²) in [5.74, 6) is -0.0561. The summed E-state index contributed by atoms with van der Waals surface area (Å²) in [5.41, 5.74) is 0.903. The van der Waals surface area contributed by atoms with Crippen molar-refractivity contribution in [2.24, 2.45) is 0 Å². The number of aromatic carboxylic acids is 1. The number of carboxylic acid groups (broad SMARTS) is 1. The summed E-state index contributed by atoms with van der Waals surface area (Å²) in [6.07, 6.45) is 2.87. The summed E-state index contributed by atoms with van der Waals surface area (Å²) in [6, 6.07) is 1.79. The van der Waals surface area contributed by atoms with Gasteiger partial charge in [0, 0.05) is 12.7 Å². The molecule has 0 saturated heterocycles. The molecule has 0 unspecified atom stereocenters. The Balaban J connectivity index is 1.92. The fourth-order valence-electron chi connectivity index (χ4n) is 1.47. The molecule has 2 N–H and O–H groups in total. The minimum Gasteiger partial charge on any atom is -0.478 e. The van der Waals surface area contributed by atoms with E-state index in [0.717, 1.165) is 5.69 Å². The van der Waals surface area contributed by atoms with Gasteiger partial charge in [-0.1, -0.05) is 5.16 Å². The minimum atomic E-state index is -1.05. The van der Waals surface area contributed by atoms with E-state index < -0.39 is 5.97 Å². The molecule has 2 aromatic heterocycles. The lowest BCUT2D eigenvalue weighted by Gasteiger charge is -2.03. The lowest BCUT2D eigenvalue weighted by atomic mass is 10.2. The fraction of sp³-hybridized carbons (Fsp3) is 0.273. The Morgan fingerprint density at radius 1 is 1.50 bits per heavy atom. The normalized spacial score (nSPS) is 10.5. The Labute approximate surface area is 103 Å². The van der Waals surface area contributed by atoms with Gasteiger partial charge in [-0.05, 0) is 13.0 Å². The molecule has 0 spiro atoms. The molecule has 0 atom stereocenters. The molecule has 0 amide bonds. The predicted octanol–water partition coefficient (Wildman–Crippen LogP) is 0.761. The van der Waals surface area contributed by atoms with E-state index in [0.29, 0.717) is 18.1 Å². The number of carbonyl (C=O) groups is 1. The van der Waals surface area contributed by atoms with Crippen molar-refractivity contribution in [2.75, 3.05) is 0 Å². The van der Waals surface area contributed by atoms with Crippen LogP contribution in [0.4, 0.5) is 0 Å². The third-order valence-corrected chi connectivity index (χ3v) is 2.30. The summed E-state index contributed by atoms with van der Waals surface area (Å²) in [4.78, 5) is 19.0. The van der Waals surface area contributed by atoms with Crippen molar-refractivity contribution in [3.8, 4) is 0 Å². The van der Waals surface area contributed by atoms with Gasteiger partial charge in [-0.25, -0.2) is 14.8 Å². The Morgan fingerprint density at radius 3 is 3.06 bits per heavy atom. The maximum absolute atomic E-state index is 10.8. The molecule has 0 saturated carbocycles. The molecule has 18 heavy (non-hydrogen) atoms. The number of nitrogens with zero attached hydrogens (tertiary/aromatic N) is 3. The van der Waals surface area contributed by atoms with E-state index >= 15 is 0 Å². The van der Waals surface area contributed by atoms with Gasteiger partial charge in [0.05, 0.1) is 18.4 Å². The zero-order valence-electron chi connectivity index (χ0n) is 9.75. The molecule has 0 aliphatic heterocycles. The Morgan fingerprint density at radius 2 is 2.33 bits per heavy atom. The zero-order chi connectivity index (χ0) is 13.0. The number of aryl methyl sites for hydroxylation is 1. The SMILES string of the molecule is Cc1nccc(CNCc2oncc2C(=O)O)n1. The standard InChI is InChI=1S/C11H12N4O3/c1-7-13-3-2-8(15-7)4-12-6-10-9(11(16)17)5-14-18-10/h2-3,5,12H,4,6H2,1H3,(H,16,17). The van der Waals surface area contributed by atoms with Crippen LogP contribution in [0.1, 0.15) is 27.6 Å². The summed E-state index contributed by atoms with van der Waals surface area (Å²) in [5, 5.41) is 15.4. The molecule has 2 rings (SSSR count). The van der Waals surface area contributed by atoms with Gasteiger partial charge >= 0.3 is 5.97 Å². The van der Waals surface area contributed by atoms with Crippen LogP contribution in [0.5, 0.6) is 0 Å². The van der Waals surface area contributed by atoms with E-state index in [2.05, 4.69) is 20.4 Å². The molecular formula is C11H12N4O3. The molecular weight excluding hydrogens is 236 g/mol. The van der Waals surface area contributed by atoms with Crippen molar-refractivity contribution < 1.29 is 14.4 Å². The van der Waals surface area contributed by atoms with Crippen LogP contribution in [0, 0.1) is 6.92 Å². The molecule has 2 heterocycles. The molecule has 2 aromatic rings. The van der Waals surface area contributed by atoms with E-state index in [-0.39, 0.29) is 12.1 Å². The Kier molecular flexibility index (Phi) is 3.63. The third kappa shape index (κ3) is 2.89. The summed E-state index contributed by atoms with van der Waals surface area (Å²) in [6.45, 7) is 2.59. The van der Waals surface area contributed by atoms with Crippen molar-refractivity contribution >= 4 is 5.97 Å². The first-order valence-electron chi connectivity index (χ1n) is 5.33. The van der Waals surface area contributed by atoms with Crippen LogP contribution in [0.3, 0.4) is 0 Å². The van der Waals surface area contributed by atoms with Crippen molar-refractivity contribution in [3.63, 3.8) is 0 Å². The summed E-state index contributed by atoms with van der Waals surface area (Å²) in [7, 11) is 0. The molecule has 0 radical (unpaired) electrons. The van der Waals surface area contributed by atoms with Gasteiger partial charge in [0.25, 0.3) is 0 Å². The Hall–Kier alpha value is -2.28. The Bertz CT molecular complexity index is 553. The minimum absolute atomic E-state index is 0.0707. The maximum Gasteiger partial charge on any atom is 0.341 e. The summed E-state index contributed by atoms with van der Waals surface area (Å²) < 4.78 is 4.86. The second-order valence-corrected chi connectivity index (χ2v) is 3.67. The predicted molar refractivity (Wildman–Crippen MR) is 60.8 cm³/mol. The topological polar surface area (TPSA) is 101 Å². The van der Waals surface area contributed by atoms with Crippen molar-refractivity contribution in [3.05, 3.63) is 41.3 Å². The highest BCUT2D eigenvalue weighted by molar-refractivity contribution is 5.88. The summed E-state index contributed by atoms with van der Waals surface area (Å²) >= 11 is 0. The first kappa shape index (κ1) is 12.2. The number of carboxylic acids is 1. The number of rotatable bonds is 5. The second kappa shape index (κ2) is 5.37. The molecule has 7 nitrogen and oxygen atoms in total. The smallest absolute Gasteiger partial charge is 0.341 e. The van der Waals surface area contributed by atoms with Crippen molar-refractivity contribution in [1.29, 1.82) is 0 Å². The van der Waals surface area contributed by atoms with Crippen molar-refractivity contribution in [1.82, 2.24) is 20.4 Å². The van der Waals surface area contributed by atoms with Gasteiger partial charge in [0.1, 0.15) is 11.4 Å². The number of hydrogen-bond donors (Lipinski definition) is 2. The quantitative estimate of drug-likeness (QED) is 0.805. The largest absolute Gasteiger partial charge is 0.478 e. The van der Waals surface area contributed by atoms with E-state index in [4.69, 9.17) is 9.63 Å². The van der Waals surface area contributed by atoms with Gasteiger partial charge in [0.2, 0.25) is 0 Å². The van der Waals surface area contributed by atoms with Crippen LogP contribution in [0.25, 0.3) is 0 Å². The van der Waals surface area contributed by atoms with E-state index in [1.54, 1.807) is 12.3 Å². The molecule has 0 bridgehead atoms. The molecule has 94 valence electrons. The third-order valence-electron chi connectivity index (χ3n) is 2.30. The first-order chi connectivity index (χ1) is 8.66.